The van der Waals surface area contributed by atoms with E-state index in [0.717, 1.165) is 5.56 Å². The molecule has 6 nitrogen and oxygen atoms in total. The highest BCUT2D eigenvalue weighted by atomic mass is 19.3. The number of fused-ring (bicyclic) bond motifs is 1. The highest BCUT2D eigenvalue weighted by molar-refractivity contribution is 5.66. The first-order chi connectivity index (χ1) is 13.0. The van der Waals surface area contributed by atoms with Gasteiger partial charge in [0.05, 0.1) is 5.69 Å². The molecule has 0 saturated heterocycles. The van der Waals surface area contributed by atoms with Gasteiger partial charge in [0.1, 0.15) is 12.1 Å². The van der Waals surface area contributed by atoms with E-state index in [0.29, 0.717) is 23.6 Å². The maximum absolute atomic E-state index is 13.2. The summed E-state index contributed by atoms with van der Waals surface area (Å²) in [6.45, 7) is 0.480. The number of aromatic nitrogens is 2. The predicted molar refractivity (Wildman–Crippen MR) is 95.5 cm³/mol. The van der Waals surface area contributed by atoms with Crippen LogP contribution in [0.4, 0.5) is 14.6 Å². The molecule has 3 aromatic rings. The van der Waals surface area contributed by atoms with E-state index in [1.54, 1.807) is 12.1 Å². The number of hydrogen-bond donors (Lipinski definition) is 2. The van der Waals surface area contributed by atoms with Crippen LogP contribution in [0.2, 0.25) is 0 Å². The third-order valence-electron chi connectivity index (χ3n) is 4.09. The molecule has 27 heavy (non-hydrogen) atoms. The Morgan fingerprint density at radius 1 is 1.00 bits per heavy atom. The van der Waals surface area contributed by atoms with E-state index in [2.05, 4.69) is 24.8 Å². The molecule has 4 rings (SSSR count). The first kappa shape index (κ1) is 17.2. The van der Waals surface area contributed by atoms with Gasteiger partial charge < -0.3 is 20.5 Å². The van der Waals surface area contributed by atoms with Crippen LogP contribution < -0.4 is 20.5 Å². The van der Waals surface area contributed by atoms with Crippen molar-refractivity contribution in [1.82, 2.24) is 9.97 Å². The van der Waals surface area contributed by atoms with Gasteiger partial charge >= 0.3 is 6.29 Å². The number of benzene rings is 2. The maximum atomic E-state index is 13.2. The summed E-state index contributed by atoms with van der Waals surface area (Å²) >= 11 is 0. The molecule has 2 heterocycles. The van der Waals surface area contributed by atoms with E-state index in [4.69, 9.17) is 5.73 Å². The molecule has 0 bridgehead atoms. The summed E-state index contributed by atoms with van der Waals surface area (Å²) < 4.78 is 35.2. The fourth-order valence-corrected chi connectivity index (χ4v) is 2.75. The fraction of sp³-hybridized carbons (Fsp3) is 0.158. The average Bonchev–Trinajstić information content (AvgIpc) is 3.00. The summed E-state index contributed by atoms with van der Waals surface area (Å²) in [7, 11) is 0. The Balaban J connectivity index is 1.49. The van der Waals surface area contributed by atoms with Crippen LogP contribution >= 0.6 is 0 Å². The Morgan fingerprint density at radius 2 is 1.78 bits per heavy atom. The van der Waals surface area contributed by atoms with Crippen molar-refractivity contribution in [2.45, 2.75) is 12.3 Å². The van der Waals surface area contributed by atoms with E-state index in [1.807, 2.05) is 30.3 Å². The van der Waals surface area contributed by atoms with Crippen LogP contribution in [0.3, 0.4) is 0 Å². The summed E-state index contributed by atoms with van der Waals surface area (Å²) in [5.41, 5.74) is 8.34. The Bertz CT molecular complexity index is 953. The summed E-state index contributed by atoms with van der Waals surface area (Å²) in [5.74, 6) is 0.538. The first-order valence-corrected chi connectivity index (χ1v) is 8.27. The fourth-order valence-electron chi connectivity index (χ4n) is 2.75. The molecule has 0 amide bonds. The van der Waals surface area contributed by atoms with Crippen molar-refractivity contribution in [2.24, 2.45) is 5.73 Å². The first-order valence-electron chi connectivity index (χ1n) is 8.27. The van der Waals surface area contributed by atoms with Gasteiger partial charge in [-0.05, 0) is 23.8 Å². The lowest BCUT2D eigenvalue weighted by atomic mass is 10.1. The van der Waals surface area contributed by atoms with Crippen LogP contribution in [0.15, 0.2) is 60.9 Å². The van der Waals surface area contributed by atoms with E-state index in [1.165, 1.54) is 18.5 Å². The molecular formula is C19H16F2N4O2. The number of halogens is 2. The molecule has 0 saturated carbocycles. The zero-order valence-electron chi connectivity index (χ0n) is 14.1. The summed E-state index contributed by atoms with van der Waals surface area (Å²) in [6, 6.07) is 15.7. The molecule has 0 aliphatic carbocycles. The predicted octanol–water partition coefficient (Wildman–Crippen LogP) is 3.58. The number of rotatable bonds is 5. The van der Waals surface area contributed by atoms with E-state index in [9.17, 15) is 8.78 Å². The third-order valence-corrected chi connectivity index (χ3v) is 4.09. The lowest BCUT2D eigenvalue weighted by Gasteiger charge is -2.14. The van der Waals surface area contributed by atoms with Crippen LogP contribution in [0.25, 0.3) is 11.3 Å². The smallest absolute Gasteiger partial charge is 0.395 e. The number of nitrogens with two attached hydrogens (primary N) is 1. The molecule has 0 spiro atoms. The van der Waals surface area contributed by atoms with Gasteiger partial charge in [-0.25, -0.2) is 9.97 Å². The Labute approximate surface area is 154 Å². The summed E-state index contributed by atoms with van der Waals surface area (Å²) in [4.78, 5) is 8.36. The largest absolute Gasteiger partial charge is 0.586 e. The molecule has 1 atom stereocenters. The van der Waals surface area contributed by atoms with Crippen molar-refractivity contribution in [2.75, 3.05) is 11.9 Å². The molecule has 1 aliphatic rings. The number of nitrogens with zero attached hydrogens (tertiary/aromatic N) is 2. The number of ether oxygens (including phenoxy) is 2. The van der Waals surface area contributed by atoms with Crippen molar-refractivity contribution in [1.29, 1.82) is 0 Å². The van der Waals surface area contributed by atoms with Gasteiger partial charge in [-0.2, -0.15) is 0 Å². The van der Waals surface area contributed by atoms with Crippen LogP contribution in [-0.4, -0.2) is 22.8 Å². The lowest BCUT2D eigenvalue weighted by molar-refractivity contribution is -0.286. The molecule has 0 unspecified atom stereocenters. The molecule has 0 fully saturated rings. The van der Waals surface area contributed by atoms with Crippen LogP contribution in [0, 0.1) is 0 Å². The SMILES string of the molecule is N[C@@H](CNc1cc(-c2ccc3c(c2)OC(F)(F)O3)ncn1)c1ccccc1. The second-order valence-corrected chi connectivity index (χ2v) is 6.02. The molecule has 1 aromatic heterocycles. The van der Waals surface area contributed by atoms with Gasteiger partial charge in [0.15, 0.2) is 11.5 Å². The van der Waals surface area contributed by atoms with Crippen molar-refractivity contribution in [3.63, 3.8) is 0 Å². The number of alkyl halides is 2. The normalized spacial score (nSPS) is 15.4. The number of nitrogens with one attached hydrogen (secondary N) is 1. The Kier molecular flexibility index (Phi) is 4.33. The molecule has 3 N–H and O–H groups in total. The minimum Gasteiger partial charge on any atom is -0.395 e. The van der Waals surface area contributed by atoms with Crippen molar-refractivity contribution < 1.29 is 18.3 Å². The molecule has 8 heteroatoms. The lowest BCUT2D eigenvalue weighted by Crippen LogP contribution is -2.25. The van der Waals surface area contributed by atoms with Crippen molar-refractivity contribution in [3.8, 4) is 22.8 Å². The zero-order valence-corrected chi connectivity index (χ0v) is 14.1. The third kappa shape index (κ3) is 3.80. The Morgan fingerprint density at radius 3 is 2.59 bits per heavy atom. The Hall–Kier alpha value is -3.26. The average molecular weight is 370 g/mol. The second kappa shape index (κ2) is 6.81. The molecule has 138 valence electrons. The van der Waals surface area contributed by atoms with Gasteiger partial charge in [0, 0.05) is 24.2 Å². The van der Waals surface area contributed by atoms with Gasteiger partial charge in [-0.1, -0.05) is 30.3 Å². The molecule has 1 aliphatic heterocycles. The van der Waals surface area contributed by atoms with Crippen molar-refractivity contribution in [3.05, 3.63) is 66.5 Å². The number of hydrogen-bond acceptors (Lipinski definition) is 6. The minimum absolute atomic E-state index is 0.00927. The molecule has 2 aromatic carbocycles. The monoisotopic (exact) mass is 370 g/mol. The number of anilines is 1. The second-order valence-electron chi connectivity index (χ2n) is 6.02. The highest BCUT2D eigenvalue weighted by Crippen LogP contribution is 2.42. The van der Waals surface area contributed by atoms with Gasteiger partial charge in [-0.3, -0.25) is 0 Å². The van der Waals surface area contributed by atoms with Gasteiger partial charge in [0.2, 0.25) is 0 Å². The summed E-state index contributed by atoms with van der Waals surface area (Å²) in [5, 5.41) is 3.17. The van der Waals surface area contributed by atoms with Crippen molar-refractivity contribution >= 4 is 5.82 Å². The van der Waals surface area contributed by atoms with Crippen LogP contribution in [-0.2, 0) is 0 Å². The standard InChI is InChI=1S/C19H16F2N4O2/c20-19(21)26-16-7-6-13(8-17(16)27-19)15-9-18(25-11-24-15)23-10-14(22)12-4-2-1-3-5-12/h1-9,11,14H,10,22H2,(H,23,24,25)/t14-/m0/s1. The minimum atomic E-state index is -3.65. The summed E-state index contributed by atoms with van der Waals surface area (Å²) in [6.07, 6.45) is -2.25. The quantitative estimate of drug-likeness (QED) is 0.714. The van der Waals surface area contributed by atoms with E-state index >= 15 is 0 Å². The maximum Gasteiger partial charge on any atom is 0.586 e. The van der Waals surface area contributed by atoms with Gasteiger partial charge in [0.25, 0.3) is 0 Å². The van der Waals surface area contributed by atoms with Crippen LogP contribution in [0.5, 0.6) is 11.5 Å². The van der Waals surface area contributed by atoms with E-state index in [-0.39, 0.29) is 17.5 Å². The molecular weight excluding hydrogens is 354 g/mol. The van der Waals surface area contributed by atoms with Crippen LogP contribution in [0.1, 0.15) is 11.6 Å². The highest BCUT2D eigenvalue weighted by Gasteiger charge is 2.43. The molecule has 0 radical (unpaired) electrons. The topological polar surface area (TPSA) is 82.3 Å². The van der Waals surface area contributed by atoms with E-state index < -0.39 is 6.29 Å². The van der Waals surface area contributed by atoms with Gasteiger partial charge in [-0.15, -0.1) is 8.78 Å². The zero-order chi connectivity index (χ0) is 18.9.